The van der Waals surface area contributed by atoms with Crippen molar-refractivity contribution in [3.05, 3.63) is 85.8 Å². The smallest absolute Gasteiger partial charge is 0.252 e. The zero-order valence-electron chi connectivity index (χ0n) is 20.2. The number of rotatable bonds is 4. The second-order valence-corrected chi connectivity index (χ2v) is 14.8. The van der Waals surface area contributed by atoms with Crippen LogP contribution in [0.3, 0.4) is 0 Å². The van der Waals surface area contributed by atoms with Gasteiger partial charge in [0.25, 0.3) is 10.0 Å². The highest BCUT2D eigenvalue weighted by molar-refractivity contribution is 9.10. The zero-order chi connectivity index (χ0) is 25.7. The van der Waals surface area contributed by atoms with Crippen LogP contribution in [0.1, 0.15) is 46.7 Å². The zero-order valence-corrected chi connectivity index (χ0v) is 25.0. The fraction of sp³-hybridized carbons (Fsp3) is 0.333. The number of fused-ring (bicyclic) bond motifs is 2. The van der Waals surface area contributed by atoms with Crippen molar-refractivity contribution in [1.29, 1.82) is 0 Å². The molecule has 2 aliphatic rings. The Labute approximate surface area is 237 Å². The van der Waals surface area contributed by atoms with Crippen LogP contribution in [0.25, 0.3) is 10.6 Å². The maximum Gasteiger partial charge on any atom is 0.252 e. The molecule has 1 saturated heterocycles. The van der Waals surface area contributed by atoms with Crippen LogP contribution in [0.2, 0.25) is 0 Å². The number of nitrogens with zero attached hydrogens (tertiary/aromatic N) is 3. The third kappa shape index (κ3) is 4.76. The summed E-state index contributed by atoms with van der Waals surface area (Å²) in [5.74, 6) is 0.421. The minimum Gasteiger partial charge on any atom is -0.364 e. The predicted octanol–water partition coefficient (Wildman–Crippen LogP) is 6.96. The molecular formula is C27H25Br2N3O3S2. The van der Waals surface area contributed by atoms with Crippen LogP contribution in [-0.4, -0.2) is 36.0 Å². The van der Waals surface area contributed by atoms with Gasteiger partial charge >= 0.3 is 0 Å². The first-order chi connectivity index (χ1) is 17.8. The van der Waals surface area contributed by atoms with Crippen LogP contribution in [0.5, 0.6) is 0 Å². The summed E-state index contributed by atoms with van der Waals surface area (Å²) < 4.78 is 36.0. The van der Waals surface area contributed by atoms with Crippen LogP contribution in [0.4, 0.5) is 0 Å². The molecule has 0 amide bonds. The Kier molecular flexibility index (Phi) is 6.90. The number of piperidine rings is 1. The minimum absolute atomic E-state index is 0.126. The van der Waals surface area contributed by atoms with Crippen LogP contribution >= 0.6 is 43.2 Å². The third-order valence-electron chi connectivity index (χ3n) is 7.43. The lowest BCUT2D eigenvalue weighted by Gasteiger charge is -2.36. The Morgan fingerprint density at radius 3 is 2.59 bits per heavy atom. The summed E-state index contributed by atoms with van der Waals surface area (Å²) in [4.78, 5) is 5.71. The van der Waals surface area contributed by atoms with E-state index in [1.165, 1.54) is 39.9 Å². The van der Waals surface area contributed by atoms with Crippen molar-refractivity contribution in [2.24, 2.45) is 5.92 Å². The van der Waals surface area contributed by atoms with Gasteiger partial charge in [-0.15, -0.1) is 11.3 Å². The molecular weight excluding hydrogens is 638 g/mol. The maximum absolute atomic E-state index is 13.5. The van der Waals surface area contributed by atoms with Crippen molar-refractivity contribution in [2.75, 3.05) is 13.1 Å². The molecule has 1 aliphatic carbocycles. The molecule has 0 saturated carbocycles. The summed E-state index contributed by atoms with van der Waals surface area (Å²) >= 11 is 8.72. The summed E-state index contributed by atoms with van der Waals surface area (Å²) in [7, 11) is -3.57. The molecule has 0 radical (unpaired) electrons. The van der Waals surface area contributed by atoms with E-state index < -0.39 is 10.0 Å². The standard InChI is InChI=1S/C27H25Br2N3O3S2/c1-16-12-18-2-3-19-14-20(28)15-30-27(19)26(25(18)21(29)13-16)17-6-9-32(10-7-17)37(33,34)24-5-4-23(36-24)22-8-11-35-31-22/h4-5,8,11-15,17,26H,2-3,6-7,9-10H2,1H3/t26-/m1/s1. The molecule has 6 rings (SSSR count). The number of pyridine rings is 1. The maximum atomic E-state index is 13.5. The van der Waals surface area contributed by atoms with E-state index in [-0.39, 0.29) is 5.92 Å². The van der Waals surface area contributed by atoms with Crippen molar-refractivity contribution >= 4 is 53.2 Å². The number of sulfonamides is 1. The van der Waals surface area contributed by atoms with Crippen molar-refractivity contribution in [3.63, 3.8) is 0 Å². The highest BCUT2D eigenvalue weighted by atomic mass is 79.9. The number of halogens is 2. The first-order valence-corrected chi connectivity index (χ1v) is 16.1. The topological polar surface area (TPSA) is 76.3 Å². The fourth-order valence-electron chi connectivity index (χ4n) is 5.73. The molecule has 1 atom stereocenters. The van der Waals surface area contributed by atoms with E-state index in [4.69, 9.17) is 9.51 Å². The molecule has 6 nitrogen and oxygen atoms in total. The number of benzene rings is 1. The van der Waals surface area contributed by atoms with E-state index in [0.717, 1.165) is 45.2 Å². The van der Waals surface area contributed by atoms with Gasteiger partial charge in [-0.1, -0.05) is 27.2 Å². The lowest BCUT2D eigenvalue weighted by atomic mass is 9.76. The molecule has 10 heteroatoms. The van der Waals surface area contributed by atoms with Gasteiger partial charge in [0.05, 0.1) is 10.6 Å². The molecule has 0 unspecified atom stereocenters. The second-order valence-electron chi connectivity index (χ2n) is 9.74. The molecule has 3 aromatic heterocycles. The van der Waals surface area contributed by atoms with Gasteiger partial charge in [0.15, 0.2) is 0 Å². The molecule has 192 valence electrons. The van der Waals surface area contributed by atoms with Crippen LogP contribution < -0.4 is 0 Å². The quantitative estimate of drug-likeness (QED) is 0.236. The molecule has 0 N–H and O–H groups in total. The lowest BCUT2D eigenvalue weighted by Crippen LogP contribution is -2.39. The molecule has 0 spiro atoms. The second kappa shape index (κ2) is 10.0. The SMILES string of the molecule is Cc1cc(Br)c2c(c1)CCc1cc(Br)cnc1[C@@H]2C1CCN(S(=O)(=O)c2ccc(-c3ccon3)s2)CC1. The minimum atomic E-state index is -3.57. The van der Waals surface area contributed by atoms with Crippen molar-refractivity contribution in [1.82, 2.24) is 14.4 Å². The summed E-state index contributed by atoms with van der Waals surface area (Å²) in [5, 5.41) is 3.93. The Hall–Kier alpha value is -1.85. The average Bonchev–Trinajstić information content (AvgIpc) is 3.55. The van der Waals surface area contributed by atoms with Crippen LogP contribution in [0, 0.1) is 12.8 Å². The summed E-state index contributed by atoms with van der Waals surface area (Å²) in [6.07, 6.45) is 6.86. The monoisotopic (exact) mass is 661 g/mol. The van der Waals surface area contributed by atoms with E-state index in [0.29, 0.717) is 28.9 Å². The van der Waals surface area contributed by atoms with Gasteiger partial charge in [0, 0.05) is 40.2 Å². The number of aryl methyl sites for hydroxylation is 3. The number of hydrogen-bond donors (Lipinski definition) is 0. The van der Waals surface area contributed by atoms with Gasteiger partial charge in [-0.2, -0.15) is 4.31 Å². The predicted molar refractivity (Wildman–Crippen MR) is 151 cm³/mol. The van der Waals surface area contributed by atoms with E-state index in [1.54, 1.807) is 22.5 Å². The molecule has 4 aromatic rings. The largest absolute Gasteiger partial charge is 0.364 e. The molecule has 4 heterocycles. The highest BCUT2D eigenvalue weighted by Gasteiger charge is 2.38. The van der Waals surface area contributed by atoms with Gasteiger partial charge in [-0.3, -0.25) is 4.98 Å². The van der Waals surface area contributed by atoms with Crippen molar-refractivity contribution < 1.29 is 12.9 Å². The lowest BCUT2D eigenvalue weighted by molar-refractivity contribution is 0.255. The molecule has 0 bridgehead atoms. The van der Waals surface area contributed by atoms with Gasteiger partial charge in [-0.05, 0) is 101 Å². The first kappa shape index (κ1) is 25.4. The normalized spacial score (nSPS) is 18.8. The molecule has 1 aliphatic heterocycles. The fourth-order valence-corrected chi connectivity index (χ4v) is 9.86. The van der Waals surface area contributed by atoms with Crippen molar-refractivity contribution in [2.45, 2.75) is 42.7 Å². The first-order valence-electron chi connectivity index (χ1n) is 12.3. The van der Waals surface area contributed by atoms with Gasteiger partial charge in [-0.25, -0.2) is 8.42 Å². The van der Waals surface area contributed by atoms with Crippen molar-refractivity contribution in [3.8, 4) is 10.6 Å². The number of hydrogen-bond acceptors (Lipinski definition) is 6. The Bertz CT molecular complexity index is 1560. The van der Waals surface area contributed by atoms with E-state index in [1.807, 2.05) is 6.20 Å². The van der Waals surface area contributed by atoms with Crippen LogP contribution in [-0.2, 0) is 22.9 Å². The molecule has 1 aromatic carbocycles. The molecule has 37 heavy (non-hydrogen) atoms. The van der Waals surface area contributed by atoms with Crippen LogP contribution in [0.15, 0.2) is 66.5 Å². The van der Waals surface area contributed by atoms with Gasteiger partial charge < -0.3 is 4.52 Å². The highest BCUT2D eigenvalue weighted by Crippen LogP contribution is 2.46. The Morgan fingerprint density at radius 1 is 1.05 bits per heavy atom. The third-order valence-corrected chi connectivity index (χ3v) is 12.0. The summed E-state index contributed by atoms with van der Waals surface area (Å²) in [6.45, 7) is 3.12. The van der Waals surface area contributed by atoms with E-state index in [2.05, 4.69) is 62.1 Å². The van der Waals surface area contributed by atoms with Gasteiger partial charge in [0.2, 0.25) is 0 Å². The van der Waals surface area contributed by atoms with E-state index in [9.17, 15) is 8.42 Å². The average molecular weight is 663 g/mol. The summed E-state index contributed by atoms with van der Waals surface area (Å²) in [5.41, 5.74) is 6.97. The Morgan fingerprint density at radius 2 is 1.84 bits per heavy atom. The summed E-state index contributed by atoms with van der Waals surface area (Å²) in [6, 6.07) is 11.9. The number of aromatic nitrogens is 2. The molecule has 1 fully saturated rings. The Balaban J connectivity index is 1.29. The van der Waals surface area contributed by atoms with Gasteiger partial charge in [0.1, 0.15) is 16.2 Å². The number of thiophene rings is 1. The van der Waals surface area contributed by atoms with E-state index >= 15 is 0 Å².